The first-order valence-electron chi connectivity index (χ1n) is 7.85. The second-order valence-corrected chi connectivity index (χ2v) is 6.60. The maximum Gasteiger partial charge on any atom is 0.127 e. The van der Waals surface area contributed by atoms with Gasteiger partial charge in [-0.2, -0.15) is 0 Å². The Bertz CT molecular complexity index is 714. The van der Waals surface area contributed by atoms with Gasteiger partial charge < -0.3 is 5.43 Å². The van der Waals surface area contributed by atoms with Crippen LogP contribution in [0.25, 0.3) is 0 Å². The van der Waals surface area contributed by atoms with Crippen LogP contribution < -0.4 is 5.43 Å². The van der Waals surface area contributed by atoms with Gasteiger partial charge in [0.25, 0.3) is 0 Å². The van der Waals surface area contributed by atoms with Crippen LogP contribution in [0, 0.1) is 5.82 Å². The highest BCUT2D eigenvalue weighted by Gasteiger charge is 2.28. The van der Waals surface area contributed by atoms with Gasteiger partial charge in [0.15, 0.2) is 0 Å². The fraction of sp³-hybridized carbons (Fsp3) is 0.263. The number of benzene rings is 2. The summed E-state index contributed by atoms with van der Waals surface area (Å²) in [4.78, 5) is 1.21. The summed E-state index contributed by atoms with van der Waals surface area (Å²) in [5.74, 6) is 0.541. The van der Waals surface area contributed by atoms with Crippen molar-refractivity contribution in [2.75, 3.05) is 7.05 Å². The van der Waals surface area contributed by atoms with Crippen LogP contribution in [0.5, 0.6) is 0 Å². The Balaban J connectivity index is 2.08. The molecular weight excluding hydrogens is 307 g/mol. The third kappa shape index (κ3) is 3.28. The van der Waals surface area contributed by atoms with Crippen molar-refractivity contribution in [2.45, 2.75) is 30.0 Å². The molecule has 0 saturated carbocycles. The number of fused-ring (bicyclic) bond motifs is 2. The molecule has 1 heterocycles. The Hall–Kier alpha value is -1.78. The lowest BCUT2D eigenvalue weighted by molar-refractivity contribution is 0.222. The van der Waals surface area contributed by atoms with Crippen molar-refractivity contribution in [3.05, 3.63) is 77.2 Å². The Morgan fingerprint density at radius 3 is 2.83 bits per heavy atom. The molecule has 1 aliphatic rings. The normalized spacial score (nSPS) is 17.0. The molecule has 3 rings (SSSR count). The van der Waals surface area contributed by atoms with Crippen LogP contribution in [-0.2, 0) is 5.75 Å². The van der Waals surface area contributed by atoms with Crippen molar-refractivity contribution in [1.29, 1.82) is 0 Å². The van der Waals surface area contributed by atoms with E-state index in [0.29, 0.717) is 5.75 Å². The topological polar surface area (TPSA) is 15.3 Å². The number of rotatable bonds is 4. The first-order valence-corrected chi connectivity index (χ1v) is 8.84. The summed E-state index contributed by atoms with van der Waals surface area (Å²) in [5.41, 5.74) is 6.34. The van der Waals surface area contributed by atoms with E-state index in [1.807, 2.05) is 31.4 Å². The van der Waals surface area contributed by atoms with Crippen LogP contribution in [0.1, 0.15) is 36.1 Å². The van der Waals surface area contributed by atoms with E-state index in [4.69, 9.17) is 0 Å². The van der Waals surface area contributed by atoms with Gasteiger partial charge in [-0.15, -0.1) is 11.8 Å². The molecule has 0 amide bonds. The summed E-state index contributed by atoms with van der Waals surface area (Å²) < 4.78 is 14.4. The summed E-state index contributed by atoms with van der Waals surface area (Å²) in [5, 5.41) is 2.05. The van der Waals surface area contributed by atoms with Crippen molar-refractivity contribution in [3.63, 3.8) is 0 Å². The Morgan fingerprint density at radius 1 is 1.22 bits per heavy atom. The van der Waals surface area contributed by atoms with Crippen LogP contribution in [0.3, 0.4) is 0 Å². The molecule has 2 nitrogen and oxygen atoms in total. The molecular formula is C19H21FN2S. The molecule has 0 aromatic heterocycles. The highest BCUT2D eigenvalue weighted by Crippen LogP contribution is 2.41. The van der Waals surface area contributed by atoms with Crippen LogP contribution in [0.2, 0.25) is 0 Å². The smallest absolute Gasteiger partial charge is 0.127 e. The molecule has 1 unspecified atom stereocenters. The van der Waals surface area contributed by atoms with E-state index in [9.17, 15) is 4.39 Å². The van der Waals surface area contributed by atoms with Gasteiger partial charge in [-0.05, 0) is 29.7 Å². The van der Waals surface area contributed by atoms with Crippen molar-refractivity contribution < 1.29 is 4.39 Å². The molecule has 1 atom stereocenters. The molecule has 120 valence electrons. The van der Waals surface area contributed by atoms with Gasteiger partial charge >= 0.3 is 0 Å². The zero-order chi connectivity index (χ0) is 16.2. The lowest BCUT2D eigenvalue weighted by Crippen LogP contribution is -2.35. The first-order chi connectivity index (χ1) is 11.2. The van der Waals surface area contributed by atoms with E-state index < -0.39 is 0 Å². The second kappa shape index (κ2) is 7.20. The SMILES string of the molecule is CC/C=C\NN(C)C1c2ccccc2SCc2c(F)cccc21. The van der Waals surface area contributed by atoms with Gasteiger partial charge in [-0.25, -0.2) is 9.40 Å². The fourth-order valence-corrected chi connectivity index (χ4v) is 4.04. The highest BCUT2D eigenvalue weighted by atomic mass is 32.2. The van der Waals surface area contributed by atoms with E-state index >= 15 is 0 Å². The van der Waals surface area contributed by atoms with Crippen LogP contribution >= 0.6 is 11.8 Å². The minimum absolute atomic E-state index is 0.0200. The quantitative estimate of drug-likeness (QED) is 0.805. The molecule has 4 heteroatoms. The Labute approximate surface area is 141 Å². The highest BCUT2D eigenvalue weighted by molar-refractivity contribution is 7.98. The van der Waals surface area contributed by atoms with Crippen molar-refractivity contribution in [3.8, 4) is 0 Å². The molecule has 1 N–H and O–H groups in total. The minimum atomic E-state index is -0.120. The van der Waals surface area contributed by atoms with Gasteiger partial charge in [0.2, 0.25) is 0 Å². The predicted octanol–water partition coefficient (Wildman–Crippen LogP) is 4.88. The summed E-state index contributed by atoms with van der Waals surface area (Å²) in [7, 11) is 2.01. The van der Waals surface area contributed by atoms with Crippen LogP contribution in [0.15, 0.2) is 59.6 Å². The van der Waals surface area contributed by atoms with Gasteiger partial charge in [0, 0.05) is 29.5 Å². The summed E-state index contributed by atoms with van der Waals surface area (Å²) in [6.07, 6.45) is 4.99. The third-order valence-corrected chi connectivity index (χ3v) is 5.17. The average molecular weight is 328 g/mol. The molecule has 0 fully saturated rings. The fourth-order valence-electron chi connectivity index (χ4n) is 2.92. The lowest BCUT2D eigenvalue weighted by atomic mass is 9.94. The van der Waals surface area contributed by atoms with Crippen LogP contribution in [-0.4, -0.2) is 12.1 Å². The predicted molar refractivity (Wildman–Crippen MR) is 94.6 cm³/mol. The van der Waals surface area contributed by atoms with Crippen molar-refractivity contribution in [2.24, 2.45) is 0 Å². The summed E-state index contributed by atoms with van der Waals surface area (Å²) >= 11 is 1.70. The van der Waals surface area contributed by atoms with E-state index in [0.717, 1.165) is 17.5 Å². The molecule has 0 aliphatic carbocycles. The molecule has 2 aromatic rings. The molecule has 23 heavy (non-hydrogen) atoms. The number of nitrogens with one attached hydrogen (secondary N) is 1. The molecule has 0 saturated heterocycles. The standard InChI is InChI=1S/C19H21FN2S/c1-3-4-12-21-22(2)19-14-9-7-10-17(20)16(14)13-23-18-11-6-5-8-15(18)19/h4-12,19,21H,3,13H2,1-2H3/b12-4-. The van der Waals surface area contributed by atoms with E-state index in [1.54, 1.807) is 23.9 Å². The van der Waals surface area contributed by atoms with Gasteiger partial charge in [-0.3, -0.25) is 0 Å². The Kier molecular flexibility index (Phi) is 5.03. The lowest BCUT2D eigenvalue weighted by Gasteiger charge is -2.29. The van der Waals surface area contributed by atoms with E-state index in [2.05, 4.69) is 35.6 Å². The number of nitrogens with zero attached hydrogens (tertiary/aromatic N) is 1. The van der Waals surface area contributed by atoms with Gasteiger partial charge in [-0.1, -0.05) is 43.3 Å². The first kappa shape index (κ1) is 16.1. The van der Waals surface area contributed by atoms with Gasteiger partial charge in [0.05, 0.1) is 6.04 Å². The number of halogens is 1. The Morgan fingerprint density at radius 2 is 2.00 bits per heavy atom. The second-order valence-electron chi connectivity index (χ2n) is 5.59. The maximum absolute atomic E-state index is 14.4. The molecule has 1 aliphatic heterocycles. The molecule has 0 spiro atoms. The van der Waals surface area contributed by atoms with Crippen LogP contribution in [0.4, 0.5) is 4.39 Å². The number of thioether (sulfide) groups is 1. The molecule has 0 bridgehead atoms. The number of allylic oxidation sites excluding steroid dienone is 1. The van der Waals surface area contributed by atoms with E-state index in [-0.39, 0.29) is 11.9 Å². The zero-order valence-corrected chi connectivity index (χ0v) is 14.2. The maximum atomic E-state index is 14.4. The minimum Gasteiger partial charge on any atom is -0.326 e. The number of hydrogen-bond donors (Lipinski definition) is 1. The number of hydrogen-bond acceptors (Lipinski definition) is 3. The zero-order valence-electron chi connectivity index (χ0n) is 13.4. The third-order valence-electron chi connectivity index (χ3n) is 4.05. The van der Waals surface area contributed by atoms with Crippen molar-refractivity contribution in [1.82, 2.24) is 10.4 Å². The average Bonchev–Trinajstić information content (AvgIpc) is 2.72. The number of hydrazine groups is 1. The summed E-state index contributed by atoms with van der Waals surface area (Å²) in [6.45, 7) is 2.10. The van der Waals surface area contributed by atoms with Gasteiger partial charge in [0.1, 0.15) is 5.82 Å². The van der Waals surface area contributed by atoms with E-state index in [1.165, 1.54) is 10.5 Å². The largest absolute Gasteiger partial charge is 0.326 e. The summed E-state index contributed by atoms with van der Waals surface area (Å²) in [6, 6.07) is 13.7. The van der Waals surface area contributed by atoms with Crippen molar-refractivity contribution >= 4 is 11.8 Å². The molecule has 2 aromatic carbocycles. The molecule has 0 radical (unpaired) electrons. The monoisotopic (exact) mass is 328 g/mol.